The van der Waals surface area contributed by atoms with Crippen molar-refractivity contribution in [3.8, 4) is 11.1 Å². The van der Waals surface area contributed by atoms with E-state index >= 15 is 0 Å². The monoisotopic (exact) mass is 526 g/mol. The second-order valence-corrected chi connectivity index (χ2v) is 11.6. The molecule has 7 nitrogen and oxygen atoms in total. The molecule has 2 fully saturated rings. The predicted molar refractivity (Wildman–Crippen MR) is 148 cm³/mol. The third-order valence-electron chi connectivity index (χ3n) is 8.17. The molecule has 1 aliphatic carbocycles. The molecule has 9 heteroatoms. The summed E-state index contributed by atoms with van der Waals surface area (Å²) in [5, 5.41) is 14.5. The van der Waals surface area contributed by atoms with Gasteiger partial charge >= 0.3 is 0 Å². The van der Waals surface area contributed by atoms with Gasteiger partial charge in [0.2, 0.25) is 12.4 Å². The number of hydrogen-bond acceptors (Lipinski definition) is 6. The number of aromatic nitrogens is 3. The van der Waals surface area contributed by atoms with Crippen LogP contribution in [0.3, 0.4) is 0 Å². The van der Waals surface area contributed by atoms with Crippen LogP contribution in [-0.2, 0) is 6.54 Å². The molecule has 1 aliphatic heterocycles. The van der Waals surface area contributed by atoms with Crippen LogP contribution in [0, 0.1) is 0 Å². The van der Waals surface area contributed by atoms with E-state index in [1.165, 1.54) is 5.56 Å². The Balaban J connectivity index is 1.43. The van der Waals surface area contributed by atoms with Crippen LogP contribution >= 0.6 is 0 Å². The SMILES string of the molecule is C[C@@H](CC(F)F)Nc1ncc2c(-c3ccc(CN4CCN(C)CC4)cc3)cn([C@H]3CC[C@](C)(O)CC3)c2n1. The highest BCUT2D eigenvalue weighted by Crippen LogP contribution is 2.39. The van der Waals surface area contributed by atoms with Gasteiger partial charge in [-0.15, -0.1) is 0 Å². The summed E-state index contributed by atoms with van der Waals surface area (Å²) in [7, 11) is 2.17. The molecule has 3 aromatic rings. The van der Waals surface area contributed by atoms with E-state index in [2.05, 4.69) is 62.2 Å². The highest BCUT2D eigenvalue weighted by molar-refractivity contribution is 5.94. The first kappa shape index (κ1) is 27.0. The van der Waals surface area contributed by atoms with Crippen LogP contribution in [0.4, 0.5) is 14.7 Å². The van der Waals surface area contributed by atoms with Gasteiger partial charge in [0.1, 0.15) is 5.65 Å². The van der Waals surface area contributed by atoms with E-state index in [4.69, 9.17) is 4.98 Å². The van der Waals surface area contributed by atoms with Crippen molar-refractivity contribution in [1.82, 2.24) is 24.3 Å². The quantitative estimate of drug-likeness (QED) is 0.422. The van der Waals surface area contributed by atoms with Gasteiger partial charge in [-0.2, -0.15) is 4.98 Å². The molecule has 0 radical (unpaired) electrons. The van der Waals surface area contributed by atoms with Crippen LogP contribution in [-0.4, -0.2) is 80.7 Å². The van der Waals surface area contributed by atoms with Crippen molar-refractivity contribution in [2.45, 2.75) is 76.6 Å². The lowest BCUT2D eigenvalue weighted by Crippen LogP contribution is -2.43. The van der Waals surface area contributed by atoms with E-state index in [-0.39, 0.29) is 12.5 Å². The van der Waals surface area contributed by atoms with E-state index in [0.717, 1.165) is 80.6 Å². The lowest BCUT2D eigenvalue weighted by molar-refractivity contribution is 0.0104. The summed E-state index contributed by atoms with van der Waals surface area (Å²) in [6, 6.07) is 8.53. The third kappa shape index (κ3) is 6.33. The number of hydrogen-bond donors (Lipinski definition) is 2. The maximum Gasteiger partial charge on any atom is 0.240 e. The molecule has 206 valence electrons. The second-order valence-electron chi connectivity index (χ2n) is 11.6. The molecule has 0 spiro atoms. The number of piperazine rings is 1. The van der Waals surface area contributed by atoms with Gasteiger partial charge in [-0.05, 0) is 57.7 Å². The molecule has 2 aliphatic rings. The Hall–Kier alpha value is -2.62. The number of alkyl halides is 2. The fourth-order valence-electron chi connectivity index (χ4n) is 5.71. The van der Waals surface area contributed by atoms with Crippen molar-refractivity contribution < 1.29 is 13.9 Å². The minimum Gasteiger partial charge on any atom is -0.390 e. The summed E-state index contributed by atoms with van der Waals surface area (Å²) in [6.07, 6.45) is 4.50. The van der Waals surface area contributed by atoms with Gasteiger partial charge in [0.05, 0.1) is 5.60 Å². The van der Waals surface area contributed by atoms with Gasteiger partial charge in [-0.3, -0.25) is 4.90 Å². The summed E-state index contributed by atoms with van der Waals surface area (Å²) in [5.41, 5.74) is 3.64. The highest BCUT2D eigenvalue weighted by atomic mass is 19.3. The van der Waals surface area contributed by atoms with E-state index in [1.807, 2.05) is 13.1 Å². The lowest BCUT2D eigenvalue weighted by Gasteiger charge is -2.34. The predicted octanol–water partition coefficient (Wildman–Crippen LogP) is 5.17. The molecule has 5 rings (SSSR count). The molecule has 2 aromatic heterocycles. The maximum absolute atomic E-state index is 12.9. The van der Waals surface area contributed by atoms with Crippen molar-refractivity contribution in [3.63, 3.8) is 0 Å². The van der Waals surface area contributed by atoms with Crippen LogP contribution in [0.5, 0.6) is 0 Å². The fourth-order valence-corrected chi connectivity index (χ4v) is 5.71. The Morgan fingerprint density at radius 1 is 1.11 bits per heavy atom. The largest absolute Gasteiger partial charge is 0.390 e. The highest BCUT2D eigenvalue weighted by Gasteiger charge is 2.31. The van der Waals surface area contributed by atoms with Gasteiger partial charge in [-0.25, -0.2) is 13.8 Å². The van der Waals surface area contributed by atoms with E-state index < -0.39 is 18.1 Å². The summed E-state index contributed by atoms with van der Waals surface area (Å²) >= 11 is 0. The second kappa shape index (κ2) is 11.2. The average Bonchev–Trinajstić information content (AvgIpc) is 3.24. The molecule has 1 saturated heterocycles. The zero-order valence-electron chi connectivity index (χ0n) is 22.7. The third-order valence-corrected chi connectivity index (χ3v) is 8.17. The van der Waals surface area contributed by atoms with Gasteiger partial charge in [-0.1, -0.05) is 24.3 Å². The number of halogens is 2. The average molecular weight is 527 g/mol. The zero-order valence-corrected chi connectivity index (χ0v) is 22.7. The van der Waals surface area contributed by atoms with E-state index in [9.17, 15) is 13.9 Å². The molecule has 0 amide bonds. The number of likely N-dealkylation sites (N-methyl/N-ethyl adjacent to an activating group) is 1. The number of fused-ring (bicyclic) bond motifs is 1. The van der Waals surface area contributed by atoms with Crippen LogP contribution in [0.2, 0.25) is 0 Å². The number of benzene rings is 1. The number of aliphatic hydroxyl groups is 1. The first-order valence-corrected chi connectivity index (χ1v) is 13.8. The lowest BCUT2D eigenvalue weighted by atomic mass is 9.83. The Labute approximate surface area is 223 Å². The van der Waals surface area contributed by atoms with E-state index in [1.54, 1.807) is 6.92 Å². The van der Waals surface area contributed by atoms with E-state index in [0.29, 0.717) is 5.95 Å². The Morgan fingerprint density at radius 2 is 1.79 bits per heavy atom. The molecule has 0 bridgehead atoms. The van der Waals surface area contributed by atoms with Gasteiger partial charge in [0, 0.05) is 74.6 Å². The molecule has 3 heterocycles. The molecule has 38 heavy (non-hydrogen) atoms. The molecule has 1 atom stereocenters. The molecular weight excluding hydrogens is 486 g/mol. The summed E-state index contributed by atoms with van der Waals surface area (Å²) in [5.74, 6) is 0.363. The summed E-state index contributed by atoms with van der Waals surface area (Å²) < 4.78 is 27.9. The Kier molecular flexibility index (Phi) is 7.98. The molecule has 2 N–H and O–H groups in total. The first-order valence-electron chi connectivity index (χ1n) is 13.8. The van der Waals surface area contributed by atoms with Crippen LogP contribution in [0.1, 0.15) is 57.6 Å². The molecule has 0 unspecified atom stereocenters. The van der Waals surface area contributed by atoms with Crippen molar-refractivity contribution >= 4 is 17.0 Å². The van der Waals surface area contributed by atoms with Gasteiger partial charge < -0.3 is 19.9 Å². The smallest absolute Gasteiger partial charge is 0.240 e. The van der Waals surface area contributed by atoms with Gasteiger partial charge in [0.25, 0.3) is 0 Å². The topological polar surface area (TPSA) is 69.5 Å². The van der Waals surface area contributed by atoms with Crippen molar-refractivity contribution in [1.29, 1.82) is 0 Å². The Bertz CT molecular complexity index is 1210. The zero-order chi connectivity index (χ0) is 26.9. The normalized spacial score (nSPS) is 24.2. The first-order chi connectivity index (χ1) is 18.2. The number of nitrogens with zero attached hydrogens (tertiary/aromatic N) is 5. The number of nitrogens with one attached hydrogen (secondary N) is 1. The number of rotatable bonds is 8. The van der Waals surface area contributed by atoms with Crippen LogP contribution < -0.4 is 5.32 Å². The van der Waals surface area contributed by atoms with Crippen molar-refractivity contribution in [2.24, 2.45) is 0 Å². The van der Waals surface area contributed by atoms with Crippen LogP contribution in [0.25, 0.3) is 22.2 Å². The minimum atomic E-state index is -2.38. The van der Waals surface area contributed by atoms with Crippen molar-refractivity contribution in [3.05, 3.63) is 42.2 Å². The van der Waals surface area contributed by atoms with Crippen molar-refractivity contribution in [2.75, 3.05) is 38.5 Å². The Morgan fingerprint density at radius 3 is 2.45 bits per heavy atom. The standard InChI is InChI=1S/C29H40F2N6O/c1-20(16-26(30)31)33-28-32-17-24-25(19-37(27(24)34-28)23-8-10-29(2,38)11-9-23)22-6-4-21(5-7-22)18-36-14-12-35(3)13-15-36/h4-7,17,19-20,23,26,38H,8-16,18H2,1-3H3,(H,32,33,34)/t20-,23-,29-/m0/s1. The molecule has 1 saturated carbocycles. The van der Waals surface area contributed by atoms with Gasteiger partial charge in [0.15, 0.2) is 0 Å². The summed E-state index contributed by atoms with van der Waals surface area (Å²) in [6.45, 7) is 8.95. The fraction of sp³-hybridized carbons (Fsp3) is 0.586. The summed E-state index contributed by atoms with van der Waals surface area (Å²) in [4.78, 5) is 14.2. The minimum absolute atomic E-state index is 0.212. The molecular formula is C29H40F2N6O. The maximum atomic E-state index is 12.9. The van der Waals surface area contributed by atoms with Crippen LogP contribution in [0.15, 0.2) is 36.7 Å². The molecule has 1 aromatic carbocycles. The number of anilines is 1.